The van der Waals surface area contributed by atoms with Crippen molar-refractivity contribution in [3.63, 3.8) is 0 Å². The molecule has 146 valence electrons. The summed E-state index contributed by atoms with van der Waals surface area (Å²) in [6.45, 7) is 9.89. The molecule has 0 aromatic carbocycles. The van der Waals surface area contributed by atoms with Crippen LogP contribution in [0, 0.1) is 5.41 Å². The normalized spacial score (nSPS) is 27.8. The molecule has 1 spiro atoms. The largest absolute Gasteiger partial charge is 0.444 e. The molecule has 1 amide bonds. The Kier molecular flexibility index (Phi) is 5.19. The lowest BCUT2D eigenvalue weighted by molar-refractivity contribution is -0.195. The van der Waals surface area contributed by atoms with Crippen molar-refractivity contribution in [2.45, 2.75) is 71.2 Å². The SMILES string of the molecule is CCN(CC12CCC(=O)C=C1CCC1(C2)OCCO1)C(=O)OC(C)(C)C. The standard InChI is InChI=1S/C20H31NO5/c1-5-21(17(23)26-18(2,3)4)14-19-8-7-16(22)12-15(19)6-9-20(13-19)24-10-11-25-20/h12H,5-11,13-14H2,1-4H3. The fourth-order valence-corrected chi connectivity index (χ4v) is 4.39. The second-order valence-corrected chi connectivity index (χ2v) is 8.70. The summed E-state index contributed by atoms with van der Waals surface area (Å²) in [4.78, 5) is 26.4. The van der Waals surface area contributed by atoms with Crippen molar-refractivity contribution < 1.29 is 23.8 Å². The number of hydrogen-bond donors (Lipinski definition) is 0. The van der Waals surface area contributed by atoms with Crippen molar-refractivity contribution in [2.75, 3.05) is 26.3 Å². The average molecular weight is 365 g/mol. The lowest BCUT2D eigenvalue weighted by atomic mass is 9.62. The number of rotatable bonds is 3. The van der Waals surface area contributed by atoms with E-state index in [1.807, 2.05) is 27.7 Å². The third-order valence-electron chi connectivity index (χ3n) is 5.59. The molecule has 0 aromatic rings. The van der Waals surface area contributed by atoms with Crippen LogP contribution in [-0.4, -0.2) is 54.5 Å². The van der Waals surface area contributed by atoms with Crippen LogP contribution in [0.4, 0.5) is 4.79 Å². The summed E-state index contributed by atoms with van der Waals surface area (Å²) in [6, 6.07) is 0. The molecule has 1 atom stereocenters. The zero-order valence-corrected chi connectivity index (χ0v) is 16.4. The number of carbonyl (C=O) groups is 2. The zero-order valence-electron chi connectivity index (χ0n) is 16.4. The smallest absolute Gasteiger partial charge is 0.410 e. The molecule has 1 saturated carbocycles. The van der Waals surface area contributed by atoms with Crippen LogP contribution in [0.25, 0.3) is 0 Å². The predicted molar refractivity (Wildman–Crippen MR) is 96.7 cm³/mol. The first-order chi connectivity index (χ1) is 12.2. The van der Waals surface area contributed by atoms with E-state index in [2.05, 4.69) is 0 Å². The highest BCUT2D eigenvalue weighted by molar-refractivity contribution is 5.91. The number of carbonyl (C=O) groups excluding carboxylic acids is 2. The molecule has 2 aliphatic carbocycles. The van der Waals surface area contributed by atoms with E-state index >= 15 is 0 Å². The van der Waals surface area contributed by atoms with Gasteiger partial charge in [-0.2, -0.15) is 0 Å². The van der Waals surface area contributed by atoms with E-state index in [-0.39, 0.29) is 17.3 Å². The first-order valence-electron chi connectivity index (χ1n) is 9.67. The van der Waals surface area contributed by atoms with Gasteiger partial charge in [-0.3, -0.25) is 4.79 Å². The predicted octanol–water partition coefficient (Wildman–Crippen LogP) is 3.45. The Morgan fingerprint density at radius 3 is 2.54 bits per heavy atom. The Balaban J connectivity index is 1.85. The van der Waals surface area contributed by atoms with Gasteiger partial charge in [0, 0.05) is 37.8 Å². The molecule has 3 aliphatic rings. The molecular weight excluding hydrogens is 334 g/mol. The minimum absolute atomic E-state index is 0.181. The Labute approximate surface area is 155 Å². The monoisotopic (exact) mass is 365 g/mol. The molecule has 6 heteroatoms. The maximum Gasteiger partial charge on any atom is 0.410 e. The van der Waals surface area contributed by atoms with Gasteiger partial charge in [-0.05, 0) is 46.6 Å². The van der Waals surface area contributed by atoms with Gasteiger partial charge in [0.1, 0.15) is 5.60 Å². The maximum absolute atomic E-state index is 12.7. The van der Waals surface area contributed by atoms with E-state index in [0.717, 1.165) is 24.8 Å². The summed E-state index contributed by atoms with van der Waals surface area (Å²) >= 11 is 0. The minimum Gasteiger partial charge on any atom is -0.444 e. The van der Waals surface area contributed by atoms with Gasteiger partial charge in [0.05, 0.1) is 13.2 Å². The fraction of sp³-hybridized carbons (Fsp3) is 0.800. The van der Waals surface area contributed by atoms with Gasteiger partial charge < -0.3 is 19.1 Å². The molecule has 1 saturated heterocycles. The molecule has 3 rings (SSSR count). The van der Waals surface area contributed by atoms with Crippen LogP contribution in [0.2, 0.25) is 0 Å². The Morgan fingerprint density at radius 2 is 1.92 bits per heavy atom. The maximum atomic E-state index is 12.7. The summed E-state index contributed by atoms with van der Waals surface area (Å²) < 4.78 is 17.5. The van der Waals surface area contributed by atoms with Gasteiger partial charge in [-0.25, -0.2) is 4.79 Å². The van der Waals surface area contributed by atoms with Crippen LogP contribution < -0.4 is 0 Å². The average Bonchev–Trinajstić information content (AvgIpc) is 2.99. The molecule has 0 N–H and O–H groups in total. The lowest BCUT2D eigenvalue weighted by Crippen LogP contribution is -2.52. The summed E-state index contributed by atoms with van der Waals surface area (Å²) in [7, 11) is 0. The molecule has 0 bridgehead atoms. The van der Waals surface area contributed by atoms with E-state index < -0.39 is 11.4 Å². The van der Waals surface area contributed by atoms with Crippen molar-refractivity contribution in [2.24, 2.45) is 5.41 Å². The van der Waals surface area contributed by atoms with Gasteiger partial charge >= 0.3 is 6.09 Å². The van der Waals surface area contributed by atoms with Gasteiger partial charge in [0.15, 0.2) is 11.6 Å². The van der Waals surface area contributed by atoms with Crippen LogP contribution in [-0.2, 0) is 19.0 Å². The Bertz CT molecular complexity index is 600. The molecule has 26 heavy (non-hydrogen) atoms. The molecule has 1 heterocycles. The zero-order chi connectivity index (χ0) is 19.0. The number of nitrogens with zero attached hydrogens (tertiary/aromatic N) is 1. The van der Waals surface area contributed by atoms with E-state index in [1.165, 1.54) is 0 Å². The Morgan fingerprint density at radius 1 is 1.23 bits per heavy atom. The van der Waals surface area contributed by atoms with Crippen molar-refractivity contribution in [3.8, 4) is 0 Å². The molecular formula is C20H31NO5. The van der Waals surface area contributed by atoms with Crippen molar-refractivity contribution in [1.82, 2.24) is 4.90 Å². The molecule has 6 nitrogen and oxygen atoms in total. The van der Waals surface area contributed by atoms with Crippen LogP contribution in [0.15, 0.2) is 11.6 Å². The van der Waals surface area contributed by atoms with E-state index in [1.54, 1.807) is 11.0 Å². The third kappa shape index (κ3) is 3.96. The number of allylic oxidation sites excluding steroid dienone is 1. The summed E-state index contributed by atoms with van der Waals surface area (Å²) in [5.41, 5.74) is 0.332. The van der Waals surface area contributed by atoms with Crippen molar-refractivity contribution in [3.05, 3.63) is 11.6 Å². The quantitative estimate of drug-likeness (QED) is 0.766. The van der Waals surface area contributed by atoms with Crippen LogP contribution >= 0.6 is 0 Å². The number of amides is 1. The topological polar surface area (TPSA) is 65.1 Å². The van der Waals surface area contributed by atoms with E-state index in [0.29, 0.717) is 39.1 Å². The van der Waals surface area contributed by atoms with Crippen molar-refractivity contribution >= 4 is 11.9 Å². The highest BCUT2D eigenvalue weighted by Crippen LogP contribution is 2.53. The highest BCUT2D eigenvalue weighted by atomic mass is 16.7. The van der Waals surface area contributed by atoms with Crippen LogP contribution in [0.1, 0.15) is 59.8 Å². The van der Waals surface area contributed by atoms with Gasteiger partial charge in [-0.15, -0.1) is 0 Å². The highest BCUT2D eigenvalue weighted by Gasteiger charge is 2.52. The summed E-state index contributed by atoms with van der Waals surface area (Å²) in [5, 5.41) is 0. The van der Waals surface area contributed by atoms with Gasteiger partial charge in [0.2, 0.25) is 0 Å². The van der Waals surface area contributed by atoms with E-state index in [4.69, 9.17) is 14.2 Å². The van der Waals surface area contributed by atoms with Crippen molar-refractivity contribution in [1.29, 1.82) is 0 Å². The summed E-state index contributed by atoms with van der Waals surface area (Å²) in [6.07, 6.45) is 4.96. The number of ketones is 1. The molecule has 0 radical (unpaired) electrons. The van der Waals surface area contributed by atoms with Crippen LogP contribution in [0.3, 0.4) is 0 Å². The summed E-state index contributed by atoms with van der Waals surface area (Å²) in [5.74, 6) is -0.384. The first kappa shape index (κ1) is 19.4. The molecule has 1 aliphatic heterocycles. The molecule has 2 fully saturated rings. The first-order valence-corrected chi connectivity index (χ1v) is 9.67. The second kappa shape index (κ2) is 6.97. The van der Waals surface area contributed by atoms with Gasteiger partial charge in [0.25, 0.3) is 0 Å². The second-order valence-electron chi connectivity index (χ2n) is 8.70. The van der Waals surface area contributed by atoms with Crippen LogP contribution in [0.5, 0.6) is 0 Å². The molecule has 1 unspecified atom stereocenters. The van der Waals surface area contributed by atoms with Gasteiger partial charge in [-0.1, -0.05) is 5.57 Å². The number of hydrogen-bond acceptors (Lipinski definition) is 5. The van der Waals surface area contributed by atoms with E-state index in [9.17, 15) is 9.59 Å². The number of fused-ring (bicyclic) bond motifs is 1. The fourth-order valence-electron chi connectivity index (χ4n) is 4.39. The lowest BCUT2D eigenvalue weighted by Gasteiger charge is -2.49. The third-order valence-corrected chi connectivity index (χ3v) is 5.59. The molecule has 0 aromatic heterocycles. The number of ether oxygens (including phenoxy) is 3. The minimum atomic E-state index is -0.564. The Hall–Kier alpha value is -1.40.